The lowest BCUT2D eigenvalue weighted by Crippen LogP contribution is -2.26. The summed E-state index contributed by atoms with van der Waals surface area (Å²) in [7, 11) is 0. The Kier molecular flexibility index (Phi) is 5.59. The first kappa shape index (κ1) is 21.4. The average Bonchev–Trinajstić information content (AvgIpc) is 3.02. The molecular formula is C20H20N4O5S. The molecule has 0 saturated heterocycles. The second-order valence-corrected chi connectivity index (χ2v) is 9.40. The number of nitrogens with one attached hydrogen (secondary N) is 1. The van der Waals surface area contributed by atoms with Crippen molar-refractivity contribution in [3.63, 3.8) is 0 Å². The van der Waals surface area contributed by atoms with Crippen LogP contribution in [0.4, 0.5) is 16.4 Å². The van der Waals surface area contributed by atoms with Crippen molar-refractivity contribution in [2.75, 3.05) is 5.32 Å². The maximum absolute atomic E-state index is 12.7. The predicted octanol–water partition coefficient (Wildman–Crippen LogP) is 4.84. The number of fused-ring (bicyclic) bond motifs is 1. The van der Waals surface area contributed by atoms with E-state index in [1.54, 1.807) is 0 Å². The zero-order valence-electron chi connectivity index (χ0n) is 16.7. The fourth-order valence-corrected chi connectivity index (χ4v) is 4.95. The molecule has 1 N–H and O–H groups in total. The molecule has 0 radical (unpaired) electrons. The number of nitrogens with zero attached hydrogens (tertiary/aromatic N) is 3. The molecule has 0 aliphatic heterocycles. The van der Waals surface area contributed by atoms with Gasteiger partial charge in [-0.15, -0.1) is 11.3 Å². The lowest BCUT2D eigenvalue weighted by molar-refractivity contribution is -0.394. The summed E-state index contributed by atoms with van der Waals surface area (Å²) in [6.07, 6.45) is 2.50. The molecule has 0 spiro atoms. The van der Waals surface area contributed by atoms with Crippen molar-refractivity contribution in [3.05, 3.63) is 60.0 Å². The summed E-state index contributed by atoms with van der Waals surface area (Å²) in [5.41, 5.74) is 0.00682. The first-order chi connectivity index (χ1) is 14.0. The molecular weight excluding hydrogens is 408 g/mol. The number of nitriles is 1. The third-order valence-corrected chi connectivity index (χ3v) is 6.63. The van der Waals surface area contributed by atoms with E-state index in [-0.39, 0.29) is 11.0 Å². The number of nitro groups is 2. The first-order valence-electron chi connectivity index (χ1n) is 9.31. The van der Waals surface area contributed by atoms with Crippen molar-refractivity contribution in [3.8, 4) is 6.07 Å². The van der Waals surface area contributed by atoms with Gasteiger partial charge in [0, 0.05) is 10.9 Å². The van der Waals surface area contributed by atoms with E-state index in [4.69, 9.17) is 0 Å². The fourth-order valence-electron chi connectivity index (χ4n) is 3.68. The Bertz CT molecular complexity index is 1090. The van der Waals surface area contributed by atoms with Crippen LogP contribution in [-0.2, 0) is 12.8 Å². The SMILES string of the molecule is CC(C)(C)C1CCc2c(sc(NC(=O)c3ccc([N+](=O)[O-])cc3[N+](=O)[O-])c2C#N)C1. The van der Waals surface area contributed by atoms with Crippen LogP contribution < -0.4 is 5.32 Å². The van der Waals surface area contributed by atoms with Crippen LogP contribution in [0.5, 0.6) is 0 Å². The van der Waals surface area contributed by atoms with Crippen molar-refractivity contribution < 1.29 is 14.6 Å². The number of benzene rings is 1. The highest BCUT2D eigenvalue weighted by molar-refractivity contribution is 7.16. The minimum absolute atomic E-state index is 0.122. The maximum Gasteiger partial charge on any atom is 0.289 e. The van der Waals surface area contributed by atoms with E-state index in [1.807, 2.05) is 0 Å². The van der Waals surface area contributed by atoms with E-state index < -0.39 is 27.1 Å². The van der Waals surface area contributed by atoms with Gasteiger partial charge in [0.1, 0.15) is 16.6 Å². The smallest absolute Gasteiger partial charge is 0.289 e. The van der Waals surface area contributed by atoms with Gasteiger partial charge in [-0.25, -0.2) is 0 Å². The monoisotopic (exact) mass is 428 g/mol. The second-order valence-electron chi connectivity index (χ2n) is 8.30. The Hall–Kier alpha value is -3.32. The topological polar surface area (TPSA) is 139 Å². The zero-order valence-corrected chi connectivity index (χ0v) is 17.5. The van der Waals surface area contributed by atoms with Crippen LogP contribution in [0.2, 0.25) is 0 Å². The van der Waals surface area contributed by atoms with Crippen molar-refractivity contribution in [1.82, 2.24) is 0 Å². The first-order valence-corrected chi connectivity index (χ1v) is 10.1. The van der Waals surface area contributed by atoms with Crippen LogP contribution in [-0.4, -0.2) is 15.8 Å². The van der Waals surface area contributed by atoms with Crippen LogP contribution in [0, 0.1) is 42.9 Å². The number of carbonyl (C=O) groups excluding carboxylic acids is 1. The van der Waals surface area contributed by atoms with Crippen molar-refractivity contribution in [2.45, 2.75) is 40.0 Å². The number of rotatable bonds is 4. The molecule has 1 unspecified atom stereocenters. The third-order valence-electron chi connectivity index (χ3n) is 5.46. The molecule has 0 bridgehead atoms. The highest BCUT2D eigenvalue weighted by Gasteiger charge is 2.33. The summed E-state index contributed by atoms with van der Waals surface area (Å²) in [5.74, 6) is -0.325. The van der Waals surface area contributed by atoms with Gasteiger partial charge in [-0.05, 0) is 42.2 Å². The minimum atomic E-state index is -0.833. The number of amides is 1. The second kappa shape index (κ2) is 7.84. The molecule has 1 heterocycles. The van der Waals surface area contributed by atoms with Crippen LogP contribution in [0.1, 0.15) is 53.6 Å². The Morgan fingerprint density at radius 1 is 1.27 bits per heavy atom. The van der Waals surface area contributed by atoms with E-state index in [2.05, 4.69) is 32.2 Å². The summed E-state index contributed by atoms with van der Waals surface area (Å²) in [5, 5.41) is 34.8. The van der Waals surface area contributed by atoms with E-state index in [9.17, 15) is 30.3 Å². The highest BCUT2D eigenvalue weighted by atomic mass is 32.1. The zero-order chi connectivity index (χ0) is 22.2. The molecule has 2 aromatic rings. The quantitative estimate of drug-likeness (QED) is 0.546. The molecule has 0 fully saturated rings. The van der Waals surface area contributed by atoms with Crippen LogP contribution in [0.25, 0.3) is 0 Å². The van der Waals surface area contributed by atoms with Gasteiger partial charge in [-0.1, -0.05) is 20.8 Å². The van der Waals surface area contributed by atoms with Crippen LogP contribution >= 0.6 is 11.3 Å². The number of thiophene rings is 1. The van der Waals surface area contributed by atoms with Gasteiger partial charge in [0.05, 0.1) is 21.5 Å². The molecule has 1 atom stereocenters. The van der Waals surface area contributed by atoms with Crippen LogP contribution in [0.3, 0.4) is 0 Å². The van der Waals surface area contributed by atoms with Gasteiger partial charge >= 0.3 is 0 Å². The maximum atomic E-state index is 12.7. The number of hydrogen-bond acceptors (Lipinski definition) is 7. The summed E-state index contributed by atoms with van der Waals surface area (Å²) < 4.78 is 0. The van der Waals surface area contributed by atoms with E-state index in [1.165, 1.54) is 11.3 Å². The van der Waals surface area contributed by atoms with E-state index in [0.29, 0.717) is 16.5 Å². The summed E-state index contributed by atoms with van der Waals surface area (Å²) in [4.78, 5) is 34.4. The summed E-state index contributed by atoms with van der Waals surface area (Å²) >= 11 is 1.32. The lowest BCUT2D eigenvalue weighted by Gasteiger charge is -2.33. The molecule has 156 valence electrons. The van der Waals surface area contributed by atoms with Gasteiger partial charge in [-0.2, -0.15) is 5.26 Å². The van der Waals surface area contributed by atoms with Gasteiger partial charge in [0.2, 0.25) is 0 Å². The van der Waals surface area contributed by atoms with Gasteiger partial charge in [-0.3, -0.25) is 25.0 Å². The molecule has 9 nitrogen and oxygen atoms in total. The number of hydrogen-bond donors (Lipinski definition) is 1. The molecule has 1 aliphatic carbocycles. The van der Waals surface area contributed by atoms with Gasteiger partial charge in [0.15, 0.2) is 0 Å². The van der Waals surface area contributed by atoms with Crippen molar-refractivity contribution >= 4 is 33.6 Å². The molecule has 3 rings (SSSR count). The molecule has 1 amide bonds. The number of carbonyl (C=O) groups is 1. The minimum Gasteiger partial charge on any atom is -0.312 e. The predicted molar refractivity (Wildman–Crippen MR) is 112 cm³/mol. The molecule has 30 heavy (non-hydrogen) atoms. The van der Waals surface area contributed by atoms with Gasteiger partial charge < -0.3 is 5.32 Å². The fraction of sp³-hybridized carbons (Fsp3) is 0.400. The largest absolute Gasteiger partial charge is 0.312 e. The van der Waals surface area contributed by atoms with Crippen molar-refractivity contribution in [2.24, 2.45) is 11.3 Å². The summed E-state index contributed by atoms with van der Waals surface area (Å²) in [6.45, 7) is 6.54. The summed E-state index contributed by atoms with van der Waals surface area (Å²) in [6, 6.07) is 5.00. The Morgan fingerprint density at radius 3 is 2.53 bits per heavy atom. The molecule has 1 aliphatic rings. The lowest BCUT2D eigenvalue weighted by atomic mass is 9.72. The number of nitro benzene ring substituents is 2. The van der Waals surface area contributed by atoms with E-state index >= 15 is 0 Å². The van der Waals surface area contributed by atoms with Crippen molar-refractivity contribution in [1.29, 1.82) is 5.26 Å². The molecule has 10 heteroatoms. The standard InChI is InChI=1S/C20H20N4O5S/c1-20(2,3)11-4-6-13-15(10-21)19(30-17(13)8-11)22-18(25)14-7-5-12(23(26)27)9-16(14)24(28)29/h5,7,9,11H,4,6,8H2,1-3H3,(H,22,25). The number of anilines is 1. The average molecular weight is 428 g/mol. The Balaban J connectivity index is 1.94. The Morgan fingerprint density at radius 2 is 1.97 bits per heavy atom. The Labute approximate surface area is 176 Å². The van der Waals surface area contributed by atoms with Gasteiger partial charge in [0.25, 0.3) is 17.3 Å². The number of non-ortho nitro benzene ring substituents is 1. The molecule has 1 aromatic heterocycles. The van der Waals surface area contributed by atoms with E-state index in [0.717, 1.165) is 47.9 Å². The van der Waals surface area contributed by atoms with Crippen LogP contribution in [0.15, 0.2) is 18.2 Å². The molecule has 1 aromatic carbocycles. The molecule has 0 saturated carbocycles. The third kappa shape index (κ3) is 4.02. The highest BCUT2D eigenvalue weighted by Crippen LogP contribution is 2.44. The normalized spacial score (nSPS) is 15.7.